The van der Waals surface area contributed by atoms with Crippen LogP contribution in [0.5, 0.6) is 0 Å². The molecule has 0 aromatic heterocycles. The van der Waals surface area contributed by atoms with Gasteiger partial charge in [-0.15, -0.1) is 0 Å². The molecule has 0 spiro atoms. The van der Waals surface area contributed by atoms with Crippen LogP contribution in [0.15, 0.2) is 25.3 Å². The fourth-order valence-corrected chi connectivity index (χ4v) is 2.73. The van der Waals surface area contributed by atoms with Crippen molar-refractivity contribution in [1.29, 1.82) is 0 Å². The predicted octanol–water partition coefficient (Wildman–Crippen LogP) is 0.340. The molecule has 0 rings (SSSR count). The molecule has 0 unspecified atom stereocenters. The minimum Gasteiger partial charge on any atom is -0.390 e. The molecule has 2 amide bonds. The number of hydrogen-bond acceptors (Lipinski definition) is 7. The van der Waals surface area contributed by atoms with Gasteiger partial charge in [0.25, 0.3) is 0 Å². The highest BCUT2D eigenvalue weighted by Crippen LogP contribution is 2.14. The summed E-state index contributed by atoms with van der Waals surface area (Å²) < 4.78 is 5.07. The van der Waals surface area contributed by atoms with Gasteiger partial charge in [0.1, 0.15) is 12.1 Å². The lowest BCUT2D eigenvalue weighted by molar-refractivity contribution is -0.169. The van der Waals surface area contributed by atoms with E-state index in [1.54, 1.807) is 0 Å². The number of likely N-dealkylation sites (N-methyl/N-ethyl adjacent to an activating group) is 2. The molecule has 9 heteroatoms. The van der Waals surface area contributed by atoms with Gasteiger partial charge in [0.15, 0.2) is 0 Å². The van der Waals surface area contributed by atoms with Gasteiger partial charge in [-0.3, -0.25) is 9.59 Å². The molecule has 0 aliphatic heterocycles. The molecular weight excluding hydrogens is 376 g/mol. The average Bonchev–Trinajstić information content (AvgIpc) is 2.71. The summed E-state index contributed by atoms with van der Waals surface area (Å²) in [6.07, 6.45) is 5.21. The monoisotopic (exact) mass is 410 g/mol. The Balaban J connectivity index is 5.37. The van der Waals surface area contributed by atoms with Gasteiger partial charge in [0.2, 0.25) is 11.8 Å². The molecule has 9 nitrogen and oxygen atoms in total. The Morgan fingerprint density at radius 2 is 1.14 bits per heavy atom. The number of rotatable bonds is 14. The van der Waals surface area contributed by atoms with Gasteiger partial charge < -0.3 is 26.0 Å². The van der Waals surface area contributed by atoms with Crippen molar-refractivity contribution < 1.29 is 23.9 Å². The van der Waals surface area contributed by atoms with Gasteiger partial charge in [-0.2, -0.15) is 0 Å². The summed E-state index contributed by atoms with van der Waals surface area (Å²) in [5, 5.41) is 0. The molecule has 0 aromatic rings. The first kappa shape index (κ1) is 26.5. The summed E-state index contributed by atoms with van der Waals surface area (Å²) in [6.45, 7) is 7.70. The van der Waals surface area contributed by atoms with Crippen molar-refractivity contribution in [3.05, 3.63) is 25.3 Å². The number of amides is 2. The van der Waals surface area contributed by atoms with Crippen molar-refractivity contribution >= 4 is 23.8 Å². The van der Waals surface area contributed by atoms with Crippen LogP contribution in [0, 0.1) is 0 Å². The first-order valence-corrected chi connectivity index (χ1v) is 9.69. The Morgan fingerprint density at radius 1 is 0.793 bits per heavy atom. The van der Waals surface area contributed by atoms with E-state index in [4.69, 9.17) is 16.2 Å². The molecule has 0 aliphatic rings. The van der Waals surface area contributed by atoms with E-state index >= 15 is 0 Å². The lowest BCUT2D eigenvalue weighted by Crippen LogP contribution is -2.47. The molecule has 4 N–H and O–H groups in total. The van der Waals surface area contributed by atoms with Crippen molar-refractivity contribution in [2.24, 2.45) is 11.5 Å². The summed E-state index contributed by atoms with van der Waals surface area (Å²) in [4.78, 5) is 51.6. The smallest absolute Gasteiger partial charge is 0.336 e. The number of carbonyl (C=O) groups is 4. The van der Waals surface area contributed by atoms with Crippen molar-refractivity contribution in [1.82, 2.24) is 9.80 Å². The summed E-state index contributed by atoms with van der Waals surface area (Å²) in [6, 6.07) is -1.91. The maximum absolute atomic E-state index is 12.7. The highest BCUT2D eigenvalue weighted by molar-refractivity contribution is 5.97. The second-order valence-corrected chi connectivity index (χ2v) is 6.65. The van der Waals surface area contributed by atoms with E-state index in [0.717, 1.165) is 12.2 Å². The maximum atomic E-state index is 12.7. The summed E-state index contributed by atoms with van der Waals surface area (Å²) >= 11 is 0. The quantitative estimate of drug-likeness (QED) is 0.182. The van der Waals surface area contributed by atoms with Crippen LogP contribution in [0.25, 0.3) is 0 Å². The van der Waals surface area contributed by atoms with Crippen molar-refractivity contribution in [2.75, 3.05) is 27.2 Å². The van der Waals surface area contributed by atoms with Gasteiger partial charge in [0, 0.05) is 14.1 Å². The molecule has 0 saturated heterocycles. The van der Waals surface area contributed by atoms with E-state index in [9.17, 15) is 19.2 Å². The third kappa shape index (κ3) is 9.01. The topological polar surface area (TPSA) is 136 Å². The van der Waals surface area contributed by atoms with E-state index in [2.05, 4.69) is 13.2 Å². The van der Waals surface area contributed by atoms with Crippen LogP contribution in [0.1, 0.15) is 38.5 Å². The summed E-state index contributed by atoms with van der Waals surface area (Å²) in [7, 11) is 2.88. The van der Waals surface area contributed by atoms with Gasteiger partial charge >= 0.3 is 11.9 Å². The van der Waals surface area contributed by atoms with E-state index in [0.29, 0.717) is 51.6 Å². The standard InChI is InChI=1S/C20H34N4O5/c1-5-17(25)23(3)15(11-7-9-13-21)19(27)29-20(28)16(12-8-10-14-22)24(4)18(26)6-2/h5-6,15-16H,1-2,7-14,21-22H2,3-4H3/t15-,16-/m0/s1. The Kier molecular flexibility index (Phi) is 13.2. The number of esters is 2. The van der Waals surface area contributed by atoms with Gasteiger partial charge in [0.05, 0.1) is 0 Å². The maximum Gasteiger partial charge on any atom is 0.336 e. The molecule has 0 bridgehead atoms. The molecule has 0 aromatic carbocycles. The molecule has 29 heavy (non-hydrogen) atoms. The molecule has 164 valence electrons. The van der Waals surface area contributed by atoms with Crippen LogP contribution < -0.4 is 11.5 Å². The lowest BCUT2D eigenvalue weighted by atomic mass is 10.1. The molecular formula is C20H34N4O5. The minimum absolute atomic E-state index is 0.290. The number of carbonyl (C=O) groups excluding carboxylic acids is 4. The highest BCUT2D eigenvalue weighted by Gasteiger charge is 2.33. The molecule has 0 saturated carbocycles. The van der Waals surface area contributed by atoms with Crippen LogP contribution in [0.3, 0.4) is 0 Å². The van der Waals surface area contributed by atoms with Crippen LogP contribution in [0.4, 0.5) is 0 Å². The molecule has 0 aliphatic carbocycles. The molecule has 0 heterocycles. The van der Waals surface area contributed by atoms with Crippen molar-refractivity contribution in [2.45, 2.75) is 50.6 Å². The van der Waals surface area contributed by atoms with Crippen LogP contribution in [-0.4, -0.2) is 72.8 Å². The SMILES string of the molecule is C=CC(=O)N(C)[C@@H](CCCCN)C(=O)OC(=O)[C@H](CCCCN)N(C)C(=O)C=C. The second-order valence-electron chi connectivity index (χ2n) is 6.65. The molecule has 0 radical (unpaired) electrons. The number of nitrogens with two attached hydrogens (primary N) is 2. The Bertz CT molecular complexity index is 543. The zero-order valence-electron chi connectivity index (χ0n) is 17.5. The van der Waals surface area contributed by atoms with Gasteiger partial charge in [-0.05, 0) is 63.8 Å². The van der Waals surface area contributed by atoms with Gasteiger partial charge in [-0.1, -0.05) is 13.2 Å². The van der Waals surface area contributed by atoms with Crippen LogP contribution in [-0.2, 0) is 23.9 Å². The third-order valence-electron chi connectivity index (χ3n) is 4.59. The summed E-state index contributed by atoms with van der Waals surface area (Å²) in [5.74, 6) is -2.64. The molecule has 0 fully saturated rings. The van der Waals surface area contributed by atoms with Gasteiger partial charge in [-0.25, -0.2) is 9.59 Å². The van der Waals surface area contributed by atoms with E-state index < -0.39 is 35.8 Å². The largest absolute Gasteiger partial charge is 0.390 e. The fourth-order valence-electron chi connectivity index (χ4n) is 2.73. The second kappa shape index (κ2) is 14.5. The minimum atomic E-state index is -0.957. The Morgan fingerprint density at radius 3 is 1.41 bits per heavy atom. The zero-order chi connectivity index (χ0) is 22.4. The fraction of sp³-hybridized carbons (Fsp3) is 0.600. The Hall–Kier alpha value is -2.52. The lowest BCUT2D eigenvalue weighted by Gasteiger charge is -2.28. The average molecular weight is 411 g/mol. The van der Waals surface area contributed by atoms with E-state index in [1.165, 1.54) is 23.9 Å². The number of unbranched alkanes of at least 4 members (excludes halogenated alkanes) is 2. The number of nitrogens with zero attached hydrogens (tertiary/aromatic N) is 2. The van der Waals surface area contributed by atoms with Crippen molar-refractivity contribution in [3.8, 4) is 0 Å². The van der Waals surface area contributed by atoms with Crippen molar-refractivity contribution in [3.63, 3.8) is 0 Å². The van der Waals surface area contributed by atoms with Crippen LogP contribution in [0.2, 0.25) is 0 Å². The third-order valence-corrected chi connectivity index (χ3v) is 4.59. The Labute approximate surface area is 172 Å². The highest BCUT2D eigenvalue weighted by atomic mass is 16.6. The first-order valence-electron chi connectivity index (χ1n) is 9.69. The number of ether oxygens (including phenoxy) is 1. The van der Waals surface area contributed by atoms with E-state index in [1.807, 2.05) is 0 Å². The first-order chi connectivity index (χ1) is 13.7. The zero-order valence-corrected chi connectivity index (χ0v) is 17.5. The van der Waals surface area contributed by atoms with Crippen LogP contribution >= 0.6 is 0 Å². The summed E-state index contributed by atoms with van der Waals surface area (Å²) in [5.41, 5.74) is 11.0. The molecule has 2 atom stereocenters. The normalized spacial score (nSPS) is 12.4. The predicted molar refractivity (Wildman–Crippen MR) is 110 cm³/mol. The van der Waals surface area contributed by atoms with E-state index in [-0.39, 0.29) is 0 Å². The number of hydrogen-bond donors (Lipinski definition) is 2.